The minimum absolute atomic E-state index is 0.0479. The van der Waals surface area contributed by atoms with Crippen molar-refractivity contribution in [1.82, 2.24) is 4.98 Å². The summed E-state index contributed by atoms with van der Waals surface area (Å²) in [6, 6.07) is 10.5. The molecule has 0 atom stereocenters. The molecule has 1 aromatic heterocycles. The van der Waals surface area contributed by atoms with Gasteiger partial charge in [0.2, 0.25) is 9.84 Å². The van der Waals surface area contributed by atoms with E-state index in [0.717, 1.165) is 12.0 Å². The van der Waals surface area contributed by atoms with Gasteiger partial charge in [-0.3, -0.25) is 15.1 Å². The summed E-state index contributed by atoms with van der Waals surface area (Å²) in [6.07, 6.45) is 1.98. The number of nitrogen functional groups attached to an aromatic ring is 1. The van der Waals surface area contributed by atoms with Crippen LogP contribution >= 0.6 is 0 Å². The van der Waals surface area contributed by atoms with Crippen LogP contribution in [-0.2, 0) is 16.3 Å². The van der Waals surface area contributed by atoms with Gasteiger partial charge in [-0.05, 0) is 30.2 Å². The van der Waals surface area contributed by atoms with E-state index in [4.69, 9.17) is 5.73 Å². The average molecular weight is 357 g/mol. The standard InChI is InChI=1S/C17H15N3O4S/c1-2-11-3-6-13(7-4-11)25(23,24)16-10-19-15-8-5-12(20(21)22)9-14(15)17(16)18/h3-10H,2H2,1H3,(H2,18,19). The highest BCUT2D eigenvalue weighted by molar-refractivity contribution is 7.91. The number of sulfone groups is 1. The maximum absolute atomic E-state index is 12.9. The Labute approximate surface area is 144 Å². The minimum atomic E-state index is -3.88. The van der Waals surface area contributed by atoms with Gasteiger partial charge in [0.25, 0.3) is 5.69 Å². The molecule has 3 rings (SSSR count). The number of aryl methyl sites for hydroxylation is 1. The van der Waals surface area contributed by atoms with Gasteiger partial charge in [-0.1, -0.05) is 19.1 Å². The molecule has 128 valence electrons. The van der Waals surface area contributed by atoms with Crippen molar-refractivity contribution >= 4 is 32.1 Å². The van der Waals surface area contributed by atoms with E-state index in [9.17, 15) is 18.5 Å². The highest BCUT2D eigenvalue weighted by Crippen LogP contribution is 2.32. The fraction of sp³-hybridized carbons (Fsp3) is 0.118. The topological polar surface area (TPSA) is 116 Å². The first-order chi connectivity index (χ1) is 11.8. The maximum atomic E-state index is 12.9. The summed E-state index contributed by atoms with van der Waals surface area (Å²) in [5.41, 5.74) is 7.21. The van der Waals surface area contributed by atoms with Gasteiger partial charge in [0, 0.05) is 23.7 Å². The molecule has 0 aliphatic carbocycles. The normalized spacial score (nSPS) is 11.6. The number of hydrogen-bond donors (Lipinski definition) is 1. The molecule has 0 unspecified atom stereocenters. The largest absolute Gasteiger partial charge is 0.397 e. The molecule has 0 aliphatic heterocycles. The molecule has 2 N–H and O–H groups in total. The van der Waals surface area contributed by atoms with Crippen molar-refractivity contribution in [2.45, 2.75) is 23.1 Å². The molecule has 0 amide bonds. The monoisotopic (exact) mass is 357 g/mol. The smallest absolute Gasteiger partial charge is 0.270 e. The summed E-state index contributed by atoms with van der Waals surface area (Å²) in [6.45, 7) is 1.97. The molecule has 0 saturated heterocycles. The van der Waals surface area contributed by atoms with Gasteiger partial charge in [-0.15, -0.1) is 0 Å². The van der Waals surface area contributed by atoms with E-state index in [-0.39, 0.29) is 26.6 Å². The van der Waals surface area contributed by atoms with Crippen molar-refractivity contribution < 1.29 is 13.3 Å². The number of hydrogen-bond acceptors (Lipinski definition) is 6. The fourth-order valence-electron chi connectivity index (χ4n) is 2.54. The molecule has 0 spiro atoms. The van der Waals surface area contributed by atoms with Crippen LogP contribution in [0.1, 0.15) is 12.5 Å². The van der Waals surface area contributed by atoms with E-state index in [0.29, 0.717) is 5.52 Å². The Morgan fingerprint density at radius 2 is 1.84 bits per heavy atom. The van der Waals surface area contributed by atoms with Gasteiger partial charge in [-0.25, -0.2) is 8.42 Å². The summed E-state index contributed by atoms with van der Waals surface area (Å²) >= 11 is 0. The number of aromatic nitrogens is 1. The molecule has 0 fully saturated rings. The Morgan fingerprint density at radius 1 is 1.16 bits per heavy atom. The second-order valence-electron chi connectivity index (χ2n) is 5.50. The summed E-state index contributed by atoms with van der Waals surface area (Å²) in [5.74, 6) is 0. The van der Waals surface area contributed by atoms with Crippen LogP contribution < -0.4 is 5.73 Å². The predicted molar refractivity (Wildman–Crippen MR) is 94.1 cm³/mol. The second kappa shape index (κ2) is 6.14. The number of fused-ring (bicyclic) bond motifs is 1. The summed E-state index contributed by atoms with van der Waals surface area (Å²) < 4.78 is 25.7. The van der Waals surface area contributed by atoms with E-state index in [1.807, 2.05) is 6.92 Å². The van der Waals surface area contributed by atoms with Crippen LogP contribution in [0.5, 0.6) is 0 Å². The minimum Gasteiger partial charge on any atom is -0.397 e. The third-order valence-electron chi connectivity index (χ3n) is 4.00. The quantitative estimate of drug-likeness (QED) is 0.566. The van der Waals surface area contributed by atoms with Crippen molar-refractivity contribution in [2.24, 2.45) is 0 Å². The number of nitrogens with two attached hydrogens (primary N) is 1. The van der Waals surface area contributed by atoms with E-state index in [2.05, 4.69) is 4.98 Å². The number of nitro benzene ring substituents is 1. The van der Waals surface area contributed by atoms with Crippen molar-refractivity contribution in [1.29, 1.82) is 0 Å². The second-order valence-corrected chi connectivity index (χ2v) is 7.41. The van der Waals surface area contributed by atoms with Gasteiger partial charge >= 0.3 is 0 Å². The molecule has 25 heavy (non-hydrogen) atoms. The van der Waals surface area contributed by atoms with Crippen molar-refractivity contribution in [3.8, 4) is 0 Å². The lowest BCUT2D eigenvalue weighted by Crippen LogP contribution is -2.07. The lowest BCUT2D eigenvalue weighted by atomic mass is 10.1. The van der Waals surface area contributed by atoms with Crippen molar-refractivity contribution in [3.05, 3.63) is 64.3 Å². The Hall–Kier alpha value is -3.00. The van der Waals surface area contributed by atoms with E-state index < -0.39 is 14.8 Å². The molecular formula is C17H15N3O4S. The lowest BCUT2D eigenvalue weighted by molar-refractivity contribution is -0.384. The van der Waals surface area contributed by atoms with E-state index >= 15 is 0 Å². The van der Waals surface area contributed by atoms with Crippen LogP contribution in [0.15, 0.2) is 58.5 Å². The summed E-state index contributed by atoms with van der Waals surface area (Å²) in [5, 5.41) is 11.2. The summed E-state index contributed by atoms with van der Waals surface area (Å²) in [4.78, 5) is 14.4. The van der Waals surface area contributed by atoms with Gasteiger partial charge in [0.15, 0.2) is 0 Å². The fourth-order valence-corrected chi connectivity index (χ4v) is 3.88. The highest BCUT2D eigenvalue weighted by atomic mass is 32.2. The zero-order valence-corrected chi connectivity index (χ0v) is 14.2. The van der Waals surface area contributed by atoms with Gasteiger partial charge in [0.1, 0.15) is 4.90 Å². The predicted octanol–water partition coefficient (Wildman–Crippen LogP) is 3.12. The first-order valence-corrected chi connectivity index (χ1v) is 8.99. The molecule has 3 aromatic rings. The Bertz CT molecular complexity index is 1080. The number of nitro groups is 1. The number of benzene rings is 2. The van der Waals surface area contributed by atoms with Crippen molar-refractivity contribution in [2.75, 3.05) is 5.73 Å². The van der Waals surface area contributed by atoms with Crippen LogP contribution in [-0.4, -0.2) is 18.3 Å². The zero-order valence-electron chi connectivity index (χ0n) is 13.3. The van der Waals surface area contributed by atoms with Crippen LogP contribution in [0.3, 0.4) is 0 Å². The van der Waals surface area contributed by atoms with Crippen LogP contribution in [0.2, 0.25) is 0 Å². The van der Waals surface area contributed by atoms with E-state index in [1.165, 1.54) is 36.5 Å². The van der Waals surface area contributed by atoms with Crippen molar-refractivity contribution in [3.63, 3.8) is 0 Å². The number of nitrogens with zero attached hydrogens (tertiary/aromatic N) is 2. The molecule has 7 nitrogen and oxygen atoms in total. The third kappa shape index (κ3) is 2.91. The Kier molecular flexibility index (Phi) is 4.13. The Morgan fingerprint density at radius 3 is 2.44 bits per heavy atom. The molecule has 0 saturated carbocycles. The van der Waals surface area contributed by atoms with Gasteiger partial charge in [-0.2, -0.15) is 0 Å². The number of rotatable bonds is 4. The maximum Gasteiger partial charge on any atom is 0.270 e. The molecule has 0 bridgehead atoms. The number of pyridine rings is 1. The molecule has 0 aliphatic rings. The first-order valence-electron chi connectivity index (χ1n) is 7.51. The SMILES string of the molecule is CCc1ccc(S(=O)(=O)c2cnc3ccc([N+](=O)[O-])cc3c2N)cc1. The highest BCUT2D eigenvalue weighted by Gasteiger charge is 2.23. The average Bonchev–Trinajstić information content (AvgIpc) is 2.61. The molecular weight excluding hydrogens is 342 g/mol. The Balaban J connectivity index is 2.19. The molecule has 0 radical (unpaired) electrons. The lowest BCUT2D eigenvalue weighted by Gasteiger charge is -2.10. The van der Waals surface area contributed by atoms with Gasteiger partial charge in [0.05, 0.1) is 21.0 Å². The molecule has 2 aromatic carbocycles. The summed E-state index contributed by atoms with van der Waals surface area (Å²) in [7, 11) is -3.88. The first kappa shape index (κ1) is 16.8. The van der Waals surface area contributed by atoms with E-state index in [1.54, 1.807) is 12.1 Å². The molecule has 1 heterocycles. The van der Waals surface area contributed by atoms with Crippen LogP contribution in [0, 0.1) is 10.1 Å². The van der Waals surface area contributed by atoms with Crippen LogP contribution in [0.25, 0.3) is 10.9 Å². The van der Waals surface area contributed by atoms with Gasteiger partial charge < -0.3 is 5.73 Å². The zero-order chi connectivity index (χ0) is 18.2. The number of anilines is 1. The molecule has 8 heteroatoms. The number of non-ortho nitro benzene ring substituents is 1. The third-order valence-corrected chi connectivity index (χ3v) is 5.80. The van der Waals surface area contributed by atoms with Crippen LogP contribution in [0.4, 0.5) is 11.4 Å².